The second-order valence-corrected chi connectivity index (χ2v) is 5.48. The lowest BCUT2D eigenvalue weighted by atomic mass is 10.2. The third kappa shape index (κ3) is 7.34. The molecule has 0 saturated carbocycles. The SMILES string of the molecule is CCCNCc1ccc(OCCOCC(C)C)c(OC)c1. The molecular weight excluding hydrogens is 266 g/mol. The van der Waals surface area contributed by atoms with Crippen LogP contribution in [0.15, 0.2) is 18.2 Å². The first-order valence-corrected chi connectivity index (χ1v) is 7.75. The lowest BCUT2D eigenvalue weighted by Crippen LogP contribution is -2.14. The van der Waals surface area contributed by atoms with Gasteiger partial charge in [-0.05, 0) is 36.6 Å². The summed E-state index contributed by atoms with van der Waals surface area (Å²) in [5.74, 6) is 2.09. The number of hydrogen-bond acceptors (Lipinski definition) is 4. The Bertz CT molecular complexity index is 394. The van der Waals surface area contributed by atoms with Crippen LogP contribution in [0.2, 0.25) is 0 Å². The van der Waals surface area contributed by atoms with Gasteiger partial charge in [-0.15, -0.1) is 0 Å². The van der Waals surface area contributed by atoms with Gasteiger partial charge in [0.05, 0.1) is 13.7 Å². The summed E-state index contributed by atoms with van der Waals surface area (Å²) in [5.41, 5.74) is 1.20. The molecule has 4 nitrogen and oxygen atoms in total. The van der Waals surface area contributed by atoms with Crippen LogP contribution in [0.25, 0.3) is 0 Å². The van der Waals surface area contributed by atoms with E-state index in [4.69, 9.17) is 14.2 Å². The average Bonchev–Trinajstić information content (AvgIpc) is 2.47. The van der Waals surface area contributed by atoms with E-state index in [9.17, 15) is 0 Å². The average molecular weight is 295 g/mol. The summed E-state index contributed by atoms with van der Waals surface area (Å²) in [7, 11) is 1.67. The lowest BCUT2D eigenvalue weighted by molar-refractivity contribution is 0.0811. The van der Waals surface area contributed by atoms with Crippen LogP contribution < -0.4 is 14.8 Å². The first-order valence-electron chi connectivity index (χ1n) is 7.75. The Hall–Kier alpha value is -1.26. The summed E-state index contributed by atoms with van der Waals surface area (Å²) in [6, 6.07) is 6.05. The Balaban J connectivity index is 2.42. The van der Waals surface area contributed by atoms with Gasteiger partial charge in [0.1, 0.15) is 6.61 Å². The Morgan fingerprint density at radius 2 is 1.95 bits per heavy atom. The molecule has 1 N–H and O–H groups in total. The van der Waals surface area contributed by atoms with Crippen molar-refractivity contribution in [3.8, 4) is 11.5 Å². The van der Waals surface area contributed by atoms with Crippen LogP contribution >= 0.6 is 0 Å². The molecule has 1 aromatic rings. The minimum Gasteiger partial charge on any atom is -0.493 e. The zero-order valence-corrected chi connectivity index (χ0v) is 13.8. The molecule has 0 amide bonds. The maximum Gasteiger partial charge on any atom is 0.161 e. The van der Waals surface area contributed by atoms with E-state index in [1.54, 1.807) is 7.11 Å². The van der Waals surface area contributed by atoms with Crippen molar-refractivity contribution >= 4 is 0 Å². The van der Waals surface area contributed by atoms with Crippen LogP contribution in [0.3, 0.4) is 0 Å². The standard InChI is InChI=1S/C17H29NO3/c1-5-8-18-12-15-6-7-16(17(11-15)19-4)21-10-9-20-13-14(2)3/h6-7,11,14,18H,5,8-10,12-13H2,1-4H3. The van der Waals surface area contributed by atoms with Gasteiger partial charge in [0.25, 0.3) is 0 Å². The van der Waals surface area contributed by atoms with Gasteiger partial charge in [-0.25, -0.2) is 0 Å². The highest BCUT2D eigenvalue weighted by Crippen LogP contribution is 2.28. The Kier molecular flexibility index (Phi) is 8.87. The van der Waals surface area contributed by atoms with Crippen LogP contribution in [0.1, 0.15) is 32.8 Å². The minimum atomic E-state index is 0.538. The van der Waals surface area contributed by atoms with Gasteiger partial charge in [-0.3, -0.25) is 0 Å². The number of nitrogens with one attached hydrogen (secondary N) is 1. The minimum absolute atomic E-state index is 0.538. The number of methoxy groups -OCH3 is 1. The molecular formula is C17H29NO3. The molecule has 120 valence electrons. The highest BCUT2D eigenvalue weighted by atomic mass is 16.5. The van der Waals surface area contributed by atoms with Crippen LogP contribution in [0.4, 0.5) is 0 Å². The van der Waals surface area contributed by atoms with Crippen molar-refractivity contribution in [3.63, 3.8) is 0 Å². The number of hydrogen-bond donors (Lipinski definition) is 1. The van der Waals surface area contributed by atoms with Crippen LogP contribution in [0, 0.1) is 5.92 Å². The Labute approximate surface area is 128 Å². The summed E-state index contributed by atoms with van der Waals surface area (Å²) >= 11 is 0. The predicted molar refractivity (Wildman–Crippen MR) is 86.1 cm³/mol. The summed E-state index contributed by atoms with van der Waals surface area (Å²) < 4.78 is 16.6. The van der Waals surface area contributed by atoms with Gasteiger partial charge in [0.15, 0.2) is 11.5 Å². The zero-order chi connectivity index (χ0) is 15.5. The van der Waals surface area contributed by atoms with Crippen molar-refractivity contribution in [2.45, 2.75) is 33.7 Å². The van der Waals surface area contributed by atoms with Gasteiger partial charge in [-0.1, -0.05) is 26.8 Å². The molecule has 1 aromatic carbocycles. The molecule has 0 heterocycles. The quantitative estimate of drug-likeness (QED) is 0.636. The van der Waals surface area contributed by atoms with Crippen molar-refractivity contribution in [1.29, 1.82) is 0 Å². The third-order valence-corrected chi connectivity index (χ3v) is 2.92. The van der Waals surface area contributed by atoms with E-state index in [1.165, 1.54) is 5.56 Å². The smallest absolute Gasteiger partial charge is 0.161 e. The molecule has 21 heavy (non-hydrogen) atoms. The first kappa shape index (κ1) is 17.8. The molecule has 1 rings (SSSR count). The highest BCUT2D eigenvalue weighted by Gasteiger charge is 2.06. The summed E-state index contributed by atoms with van der Waals surface area (Å²) in [5, 5.41) is 3.38. The van der Waals surface area contributed by atoms with E-state index in [1.807, 2.05) is 12.1 Å². The molecule has 0 aliphatic carbocycles. The summed E-state index contributed by atoms with van der Waals surface area (Å²) in [6.45, 7) is 10.2. The molecule has 0 atom stereocenters. The lowest BCUT2D eigenvalue weighted by Gasteiger charge is -2.13. The van der Waals surface area contributed by atoms with Crippen molar-refractivity contribution in [2.75, 3.05) is 33.5 Å². The number of ether oxygens (including phenoxy) is 3. The number of rotatable bonds is 11. The molecule has 0 unspecified atom stereocenters. The fraction of sp³-hybridized carbons (Fsp3) is 0.647. The maximum atomic E-state index is 5.72. The Morgan fingerprint density at radius 1 is 1.14 bits per heavy atom. The van der Waals surface area contributed by atoms with E-state index >= 15 is 0 Å². The van der Waals surface area contributed by atoms with E-state index in [0.717, 1.165) is 37.6 Å². The fourth-order valence-corrected chi connectivity index (χ4v) is 1.88. The molecule has 0 saturated heterocycles. The topological polar surface area (TPSA) is 39.7 Å². The van der Waals surface area contributed by atoms with E-state index < -0.39 is 0 Å². The predicted octanol–water partition coefficient (Wildman–Crippen LogP) is 3.25. The maximum absolute atomic E-state index is 5.72. The molecule has 0 aromatic heterocycles. The van der Waals surface area contributed by atoms with Gasteiger partial charge >= 0.3 is 0 Å². The highest BCUT2D eigenvalue weighted by molar-refractivity contribution is 5.42. The van der Waals surface area contributed by atoms with Crippen LogP contribution in [-0.4, -0.2) is 33.5 Å². The molecule has 0 bridgehead atoms. The second-order valence-electron chi connectivity index (χ2n) is 5.48. The van der Waals surface area contributed by atoms with Crippen LogP contribution in [0.5, 0.6) is 11.5 Å². The second kappa shape index (κ2) is 10.5. The normalized spacial score (nSPS) is 10.9. The molecule has 0 aliphatic rings. The van der Waals surface area contributed by atoms with E-state index in [0.29, 0.717) is 19.1 Å². The van der Waals surface area contributed by atoms with Crippen molar-refractivity contribution < 1.29 is 14.2 Å². The molecule has 0 fully saturated rings. The molecule has 0 aliphatic heterocycles. The molecule has 4 heteroatoms. The van der Waals surface area contributed by atoms with Gasteiger partial charge in [0.2, 0.25) is 0 Å². The first-order chi connectivity index (χ1) is 10.2. The number of benzene rings is 1. The molecule has 0 spiro atoms. The third-order valence-electron chi connectivity index (χ3n) is 2.92. The van der Waals surface area contributed by atoms with Crippen LogP contribution in [-0.2, 0) is 11.3 Å². The van der Waals surface area contributed by atoms with Gasteiger partial charge in [0, 0.05) is 13.2 Å². The summed E-state index contributed by atoms with van der Waals surface area (Å²) in [6.07, 6.45) is 1.13. The van der Waals surface area contributed by atoms with Crippen molar-refractivity contribution in [3.05, 3.63) is 23.8 Å². The van der Waals surface area contributed by atoms with E-state index in [2.05, 4.69) is 32.2 Å². The zero-order valence-electron chi connectivity index (χ0n) is 13.8. The monoisotopic (exact) mass is 295 g/mol. The van der Waals surface area contributed by atoms with Gasteiger partial charge < -0.3 is 19.5 Å². The van der Waals surface area contributed by atoms with E-state index in [-0.39, 0.29) is 0 Å². The fourth-order valence-electron chi connectivity index (χ4n) is 1.88. The largest absolute Gasteiger partial charge is 0.493 e. The van der Waals surface area contributed by atoms with Crippen molar-refractivity contribution in [1.82, 2.24) is 5.32 Å². The summed E-state index contributed by atoms with van der Waals surface area (Å²) in [4.78, 5) is 0. The Morgan fingerprint density at radius 3 is 2.62 bits per heavy atom. The van der Waals surface area contributed by atoms with Gasteiger partial charge in [-0.2, -0.15) is 0 Å². The van der Waals surface area contributed by atoms with Crippen molar-refractivity contribution in [2.24, 2.45) is 5.92 Å². The molecule has 0 radical (unpaired) electrons.